The maximum absolute atomic E-state index is 12.9. The van der Waals surface area contributed by atoms with Gasteiger partial charge in [0.05, 0.1) is 19.8 Å². The Balaban J connectivity index is 1.99. The van der Waals surface area contributed by atoms with Gasteiger partial charge in [0, 0.05) is 28.0 Å². The van der Waals surface area contributed by atoms with Crippen molar-refractivity contribution >= 4 is 39.2 Å². The van der Waals surface area contributed by atoms with Gasteiger partial charge in [0.25, 0.3) is 5.91 Å². The number of nitrogens with zero attached hydrogens (tertiary/aromatic N) is 2. The Labute approximate surface area is 160 Å². The highest BCUT2D eigenvalue weighted by Crippen LogP contribution is 2.30. The number of esters is 1. The maximum Gasteiger partial charge on any atom is 0.357 e. The summed E-state index contributed by atoms with van der Waals surface area (Å²) in [5.74, 6) is -0.139. The minimum Gasteiger partial charge on any atom is -0.497 e. The molecule has 142 valence electrons. The van der Waals surface area contributed by atoms with Crippen LogP contribution in [0.4, 0.5) is 5.13 Å². The molecular formula is C19H21N3O4S. The molecule has 0 saturated heterocycles. The highest BCUT2D eigenvalue weighted by molar-refractivity contribution is 7.16. The molecule has 7 nitrogen and oxygen atoms in total. The van der Waals surface area contributed by atoms with Crippen molar-refractivity contribution in [3.05, 3.63) is 40.5 Å². The average molecular weight is 387 g/mol. The van der Waals surface area contributed by atoms with E-state index in [0.29, 0.717) is 21.3 Å². The first-order valence-electron chi connectivity index (χ1n) is 8.41. The minimum atomic E-state index is -0.523. The van der Waals surface area contributed by atoms with Crippen molar-refractivity contribution in [3.63, 3.8) is 0 Å². The van der Waals surface area contributed by atoms with Gasteiger partial charge in [0.2, 0.25) is 0 Å². The molecule has 0 aliphatic carbocycles. The van der Waals surface area contributed by atoms with Gasteiger partial charge in [-0.15, -0.1) is 11.3 Å². The van der Waals surface area contributed by atoms with Crippen LogP contribution in [0.2, 0.25) is 0 Å². The zero-order valence-corrected chi connectivity index (χ0v) is 16.6. The summed E-state index contributed by atoms with van der Waals surface area (Å²) in [5.41, 5.74) is 1.68. The lowest BCUT2D eigenvalue weighted by molar-refractivity contribution is 0.0594. The number of hydrogen-bond donors (Lipinski definition) is 1. The Kier molecular flexibility index (Phi) is 5.18. The van der Waals surface area contributed by atoms with Crippen LogP contribution in [0.15, 0.2) is 24.4 Å². The quantitative estimate of drug-likeness (QED) is 0.668. The highest BCUT2D eigenvalue weighted by atomic mass is 32.1. The van der Waals surface area contributed by atoms with E-state index in [0.717, 1.165) is 10.9 Å². The van der Waals surface area contributed by atoms with Crippen LogP contribution in [-0.4, -0.2) is 35.6 Å². The Bertz CT molecular complexity index is 1020. The van der Waals surface area contributed by atoms with Gasteiger partial charge in [-0.25, -0.2) is 9.78 Å². The largest absolute Gasteiger partial charge is 0.497 e. The van der Waals surface area contributed by atoms with E-state index in [2.05, 4.69) is 24.1 Å². The monoisotopic (exact) mass is 387 g/mol. The number of rotatable bonds is 5. The van der Waals surface area contributed by atoms with Crippen molar-refractivity contribution in [3.8, 4) is 5.75 Å². The number of carbonyl (C=O) groups excluding carboxylic acids is 2. The van der Waals surface area contributed by atoms with Gasteiger partial charge in [-0.05, 0) is 39.0 Å². The molecule has 3 aromatic rings. The third-order valence-electron chi connectivity index (χ3n) is 4.24. The predicted molar refractivity (Wildman–Crippen MR) is 105 cm³/mol. The van der Waals surface area contributed by atoms with Gasteiger partial charge in [-0.3, -0.25) is 10.1 Å². The fraction of sp³-hybridized carbons (Fsp3) is 0.316. The molecule has 1 N–H and O–H groups in total. The summed E-state index contributed by atoms with van der Waals surface area (Å²) >= 11 is 1.23. The molecule has 0 saturated carbocycles. The second kappa shape index (κ2) is 7.40. The molecule has 3 rings (SSSR count). The number of carbonyl (C=O) groups is 2. The van der Waals surface area contributed by atoms with Crippen molar-refractivity contribution in [1.82, 2.24) is 9.55 Å². The first-order chi connectivity index (χ1) is 12.8. The molecule has 0 unspecified atom stereocenters. The van der Waals surface area contributed by atoms with E-state index < -0.39 is 5.97 Å². The predicted octanol–water partition coefficient (Wildman–Crippen LogP) is 4.03. The lowest BCUT2D eigenvalue weighted by Crippen LogP contribution is -2.12. The molecule has 1 aromatic carbocycles. The van der Waals surface area contributed by atoms with E-state index in [-0.39, 0.29) is 17.6 Å². The van der Waals surface area contributed by atoms with Crippen LogP contribution in [0.25, 0.3) is 10.9 Å². The molecule has 0 radical (unpaired) electrons. The number of thiazole rings is 1. The van der Waals surface area contributed by atoms with E-state index >= 15 is 0 Å². The Hall–Kier alpha value is -2.87. The molecule has 0 spiro atoms. The average Bonchev–Trinajstić information content (AvgIpc) is 3.20. The molecule has 8 heteroatoms. The van der Waals surface area contributed by atoms with Crippen molar-refractivity contribution in [2.75, 3.05) is 19.5 Å². The highest BCUT2D eigenvalue weighted by Gasteiger charge is 2.21. The van der Waals surface area contributed by atoms with Crippen LogP contribution < -0.4 is 10.1 Å². The fourth-order valence-electron chi connectivity index (χ4n) is 2.87. The number of amides is 1. The van der Waals surface area contributed by atoms with E-state index in [1.807, 2.05) is 29.0 Å². The maximum atomic E-state index is 12.9. The summed E-state index contributed by atoms with van der Waals surface area (Å²) in [5, 5.41) is 3.93. The zero-order valence-electron chi connectivity index (χ0n) is 15.8. The van der Waals surface area contributed by atoms with Gasteiger partial charge >= 0.3 is 5.97 Å². The Morgan fingerprint density at radius 1 is 1.26 bits per heavy atom. The molecular weight excluding hydrogens is 366 g/mol. The molecule has 2 heterocycles. The van der Waals surface area contributed by atoms with Crippen LogP contribution in [0.5, 0.6) is 5.75 Å². The number of ether oxygens (including phenoxy) is 2. The molecule has 2 aromatic heterocycles. The van der Waals surface area contributed by atoms with E-state index in [4.69, 9.17) is 9.47 Å². The SMILES string of the molecule is COC(=O)c1nc(NC(=O)c2cn(C(C)C)c3ccc(OC)cc23)sc1C. The van der Waals surface area contributed by atoms with Crippen LogP contribution in [0, 0.1) is 6.92 Å². The fourth-order valence-corrected chi connectivity index (χ4v) is 3.67. The van der Waals surface area contributed by atoms with E-state index in [1.165, 1.54) is 18.4 Å². The lowest BCUT2D eigenvalue weighted by atomic mass is 10.1. The number of aromatic nitrogens is 2. The number of hydrogen-bond acceptors (Lipinski definition) is 6. The van der Waals surface area contributed by atoms with Gasteiger partial charge in [-0.2, -0.15) is 0 Å². The number of benzene rings is 1. The normalized spacial score (nSPS) is 11.0. The summed E-state index contributed by atoms with van der Waals surface area (Å²) in [6.07, 6.45) is 1.83. The molecule has 0 bridgehead atoms. The standard InChI is InChI=1S/C19H21N3O4S/c1-10(2)22-9-14(13-8-12(25-4)6-7-15(13)22)17(23)21-19-20-16(11(3)27-19)18(24)26-5/h6-10H,1-5H3,(H,20,21,23). The van der Waals surface area contributed by atoms with Crippen molar-refractivity contribution < 1.29 is 19.1 Å². The third kappa shape index (κ3) is 3.52. The second-order valence-corrected chi connectivity index (χ2v) is 7.50. The topological polar surface area (TPSA) is 82.5 Å². The zero-order chi connectivity index (χ0) is 19.7. The summed E-state index contributed by atoms with van der Waals surface area (Å²) in [6.45, 7) is 5.87. The molecule has 0 fully saturated rings. The molecule has 0 aliphatic heterocycles. The minimum absolute atomic E-state index is 0.190. The number of anilines is 1. The number of methoxy groups -OCH3 is 2. The van der Waals surface area contributed by atoms with Gasteiger partial charge < -0.3 is 14.0 Å². The molecule has 0 atom stereocenters. The van der Waals surface area contributed by atoms with E-state index in [1.54, 1.807) is 14.0 Å². The summed E-state index contributed by atoms with van der Waals surface area (Å²) in [4.78, 5) is 29.5. The van der Waals surface area contributed by atoms with Crippen molar-refractivity contribution in [2.45, 2.75) is 26.8 Å². The van der Waals surface area contributed by atoms with Crippen LogP contribution >= 0.6 is 11.3 Å². The summed E-state index contributed by atoms with van der Waals surface area (Å²) in [7, 11) is 2.89. The lowest BCUT2D eigenvalue weighted by Gasteiger charge is -2.09. The Morgan fingerprint density at radius 2 is 2.00 bits per heavy atom. The van der Waals surface area contributed by atoms with Crippen LogP contribution in [-0.2, 0) is 4.74 Å². The summed E-state index contributed by atoms with van der Waals surface area (Å²) < 4.78 is 12.0. The van der Waals surface area contributed by atoms with Crippen molar-refractivity contribution in [2.24, 2.45) is 0 Å². The third-order valence-corrected chi connectivity index (χ3v) is 5.12. The molecule has 0 aliphatic rings. The Morgan fingerprint density at radius 3 is 2.63 bits per heavy atom. The van der Waals surface area contributed by atoms with Crippen LogP contribution in [0.1, 0.15) is 45.6 Å². The first-order valence-corrected chi connectivity index (χ1v) is 9.23. The number of nitrogens with one attached hydrogen (secondary N) is 1. The van der Waals surface area contributed by atoms with Gasteiger partial charge in [0.15, 0.2) is 10.8 Å². The second-order valence-electron chi connectivity index (χ2n) is 6.30. The van der Waals surface area contributed by atoms with Crippen LogP contribution in [0.3, 0.4) is 0 Å². The smallest absolute Gasteiger partial charge is 0.357 e. The van der Waals surface area contributed by atoms with Gasteiger partial charge in [-0.1, -0.05) is 0 Å². The first kappa shape index (κ1) is 18.9. The van der Waals surface area contributed by atoms with Gasteiger partial charge in [0.1, 0.15) is 5.75 Å². The molecule has 27 heavy (non-hydrogen) atoms. The summed E-state index contributed by atoms with van der Waals surface area (Å²) in [6, 6.07) is 5.84. The van der Waals surface area contributed by atoms with Crippen molar-refractivity contribution in [1.29, 1.82) is 0 Å². The number of aryl methyl sites for hydroxylation is 1. The van der Waals surface area contributed by atoms with E-state index in [9.17, 15) is 9.59 Å². The molecule has 1 amide bonds. The number of fused-ring (bicyclic) bond motifs is 1.